The van der Waals surface area contributed by atoms with Crippen LogP contribution < -0.4 is 15.8 Å². The van der Waals surface area contributed by atoms with Gasteiger partial charge in [0.15, 0.2) is 5.13 Å². The summed E-state index contributed by atoms with van der Waals surface area (Å²) in [6.45, 7) is 0.743. The third-order valence-corrected chi connectivity index (χ3v) is 9.41. The number of thiazole rings is 1. The van der Waals surface area contributed by atoms with Crippen LogP contribution in [0, 0.1) is 11.6 Å². The number of piperidine rings is 1. The van der Waals surface area contributed by atoms with Crippen LogP contribution in [0.2, 0.25) is 0 Å². The Labute approximate surface area is 268 Å². The van der Waals surface area contributed by atoms with Crippen LogP contribution in [0.4, 0.5) is 32.9 Å². The van der Waals surface area contributed by atoms with Gasteiger partial charge in [-0.25, -0.2) is 32.0 Å². The molecule has 250 valence electrons. The number of halogens is 5. The van der Waals surface area contributed by atoms with Gasteiger partial charge in [-0.1, -0.05) is 23.5 Å². The van der Waals surface area contributed by atoms with Crippen LogP contribution in [-0.2, 0) is 21.4 Å². The zero-order valence-electron chi connectivity index (χ0n) is 23.9. The fourth-order valence-electron chi connectivity index (χ4n) is 4.19. The summed E-state index contributed by atoms with van der Waals surface area (Å²) < 4.78 is 93.2. The number of aliphatic carboxylic acids is 1. The average Bonchev–Trinajstić information content (AvgIpc) is 3.40. The Bertz CT molecular complexity index is 1800. The first-order valence-electron chi connectivity index (χ1n) is 13.5. The number of carboxylic acid groups (broad SMARTS) is 1. The number of hydrogen-bond acceptors (Lipinski definition) is 11. The van der Waals surface area contributed by atoms with Crippen LogP contribution in [0.15, 0.2) is 66.0 Å². The number of hydrogen-bond donors (Lipinski definition) is 3. The van der Waals surface area contributed by atoms with Crippen molar-refractivity contribution in [2.45, 2.75) is 36.6 Å². The third-order valence-electron chi connectivity index (χ3n) is 6.53. The van der Waals surface area contributed by atoms with E-state index in [1.54, 1.807) is 18.5 Å². The lowest BCUT2D eigenvalue weighted by Gasteiger charge is -2.31. The molecular weight excluding hydrogens is 675 g/mol. The second kappa shape index (κ2) is 14.8. The number of sulfonamides is 1. The van der Waals surface area contributed by atoms with Gasteiger partial charge in [-0.3, -0.25) is 9.78 Å². The third kappa shape index (κ3) is 8.95. The first kappa shape index (κ1) is 35.1. The molecule has 0 saturated carbocycles. The summed E-state index contributed by atoms with van der Waals surface area (Å²) >= 11 is 0.895. The second-order valence-electron chi connectivity index (χ2n) is 9.77. The molecule has 0 radical (unpaired) electrons. The predicted octanol–water partition coefficient (Wildman–Crippen LogP) is 4.50. The maximum atomic E-state index is 14.1. The number of alkyl halides is 3. The minimum Gasteiger partial charge on any atom is -0.475 e. The number of nitrogen functional groups attached to an aromatic ring is 1. The summed E-state index contributed by atoms with van der Waals surface area (Å²) in [5.74, 6) is -5.45. The van der Waals surface area contributed by atoms with Crippen molar-refractivity contribution >= 4 is 44.1 Å². The first-order valence-corrected chi connectivity index (χ1v) is 15.7. The number of carbonyl (C=O) groups excluding carboxylic acids is 1. The smallest absolute Gasteiger partial charge is 0.475 e. The lowest BCUT2D eigenvalue weighted by molar-refractivity contribution is -0.192. The van der Waals surface area contributed by atoms with Crippen LogP contribution in [0.25, 0.3) is 0 Å². The van der Waals surface area contributed by atoms with E-state index in [4.69, 9.17) is 20.4 Å². The van der Waals surface area contributed by atoms with Gasteiger partial charge in [0.2, 0.25) is 21.7 Å². The number of ether oxygens (including phenoxy) is 1. The van der Waals surface area contributed by atoms with E-state index in [0.29, 0.717) is 23.9 Å². The Kier molecular flexibility index (Phi) is 11.0. The molecule has 0 unspecified atom stereocenters. The van der Waals surface area contributed by atoms with E-state index >= 15 is 0 Å². The Balaban J connectivity index is 0.000000644. The van der Waals surface area contributed by atoms with Crippen molar-refractivity contribution in [2.75, 3.05) is 24.1 Å². The van der Waals surface area contributed by atoms with Crippen LogP contribution in [0.1, 0.15) is 33.6 Å². The number of nitrogens with one attached hydrogen (secondary N) is 1. The summed E-state index contributed by atoms with van der Waals surface area (Å²) in [5.41, 5.74) is 6.05. The SMILES string of the molecule is Nc1nc(NC2CCN(S(=O)(=O)c3ccc(OCc4cccnc4)nc3)CC2)sc1C(=O)c1c(F)cccc1F.O=C(O)C(F)(F)F. The van der Waals surface area contributed by atoms with E-state index in [2.05, 4.69) is 20.3 Å². The molecule has 4 heterocycles. The Morgan fingerprint density at radius 1 is 1.06 bits per heavy atom. The molecular formula is C28H25F5N6O6S2. The molecule has 1 saturated heterocycles. The molecule has 47 heavy (non-hydrogen) atoms. The van der Waals surface area contributed by atoms with Gasteiger partial charge in [0.05, 0.1) is 11.8 Å². The van der Waals surface area contributed by atoms with Crippen LogP contribution in [0.5, 0.6) is 5.88 Å². The lowest BCUT2D eigenvalue weighted by atomic mass is 10.1. The van der Waals surface area contributed by atoms with E-state index in [-0.39, 0.29) is 41.3 Å². The highest BCUT2D eigenvalue weighted by Crippen LogP contribution is 2.31. The zero-order chi connectivity index (χ0) is 34.4. The van der Waals surface area contributed by atoms with E-state index in [9.17, 15) is 35.2 Å². The molecule has 5 rings (SSSR count). The highest BCUT2D eigenvalue weighted by molar-refractivity contribution is 7.89. The molecule has 0 bridgehead atoms. The van der Waals surface area contributed by atoms with Crippen molar-refractivity contribution in [1.29, 1.82) is 0 Å². The number of pyridine rings is 2. The Hall–Kier alpha value is -4.75. The molecule has 12 nitrogen and oxygen atoms in total. The number of nitrogens with zero attached hydrogens (tertiary/aromatic N) is 4. The molecule has 0 atom stereocenters. The predicted molar refractivity (Wildman–Crippen MR) is 158 cm³/mol. The van der Waals surface area contributed by atoms with Crippen LogP contribution >= 0.6 is 11.3 Å². The van der Waals surface area contributed by atoms with Gasteiger partial charge in [-0.15, -0.1) is 0 Å². The topological polar surface area (TPSA) is 178 Å². The standard InChI is InChI=1S/C26H24F2N6O4S2.C2HF3O2/c27-19-4-1-5-20(28)22(19)23(35)24-25(29)33-26(39-24)32-17-8-11-34(12-9-17)40(36,37)18-6-7-21(31-14-18)38-15-16-3-2-10-30-13-16;3-2(4,5)1(6)7/h1-7,10,13-14,17H,8-9,11-12,15,29H2,(H,32,33);(H,6,7). The summed E-state index contributed by atoms with van der Waals surface area (Å²) in [5, 5.41) is 10.6. The highest BCUT2D eigenvalue weighted by atomic mass is 32.2. The van der Waals surface area contributed by atoms with Gasteiger partial charge in [0.1, 0.15) is 33.8 Å². The van der Waals surface area contributed by atoms with E-state index in [0.717, 1.165) is 29.0 Å². The summed E-state index contributed by atoms with van der Waals surface area (Å²) in [4.78, 5) is 33.9. The normalized spacial score (nSPS) is 14.1. The fourth-order valence-corrected chi connectivity index (χ4v) is 6.52. The molecule has 1 aliphatic rings. The maximum absolute atomic E-state index is 14.1. The van der Waals surface area contributed by atoms with Gasteiger partial charge in [-0.05, 0) is 37.1 Å². The fraction of sp³-hybridized carbons (Fsp3) is 0.250. The number of ketones is 1. The molecule has 4 N–H and O–H groups in total. The molecule has 1 fully saturated rings. The van der Waals surface area contributed by atoms with Crippen molar-refractivity contribution in [3.63, 3.8) is 0 Å². The molecule has 19 heteroatoms. The van der Waals surface area contributed by atoms with E-state index in [1.165, 1.54) is 28.7 Å². The van der Waals surface area contributed by atoms with Gasteiger partial charge in [0.25, 0.3) is 0 Å². The average molecular weight is 701 g/mol. The van der Waals surface area contributed by atoms with Gasteiger partial charge in [-0.2, -0.15) is 17.5 Å². The van der Waals surface area contributed by atoms with Gasteiger partial charge >= 0.3 is 12.1 Å². The molecule has 0 amide bonds. The Morgan fingerprint density at radius 2 is 1.72 bits per heavy atom. The summed E-state index contributed by atoms with van der Waals surface area (Å²) in [7, 11) is -3.77. The minimum absolute atomic E-state index is 0.0591. The van der Waals surface area contributed by atoms with Crippen molar-refractivity contribution < 1.29 is 49.8 Å². The lowest BCUT2D eigenvalue weighted by Crippen LogP contribution is -2.42. The monoisotopic (exact) mass is 700 g/mol. The highest BCUT2D eigenvalue weighted by Gasteiger charge is 2.38. The zero-order valence-corrected chi connectivity index (χ0v) is 25.6. The van der Waals surface area contributed by atoms with E-state index in [1.807, 2.05) is 6.07 Å². The van der Waals surface area contributed by atoms with Crippen molar-refractivity contribution in [3.05, 3.63) is 88.7 Å². The number of carboxylic acids is 1. The number of nitrogens with two attached hydrogens (primary N) is 1. The maximum Gasteiger partial charge on any atom is 0.490 e. The van der Waals surface area contributed by atoms with Gasteiger partial charge in [0, 0.05) is 43.2 Å². The van der Waals surface area contributed by atoms with Crippen molar-refractivity contribution in [1.82, 2.24) is 19.3 Å². The van der Waals surface area contributed by atoms with Crippen LogP contribution in [-0.4, -0.2) is 69.8 Å². The number of rotatable bonds is 9. The Morgan fingerprint density at radius 3 is 2.28 bits per heavy atom. The number of anilines is 2. The number of benzene rings is 1. The number of carbonyl (C=O) groups is 2. The van der Waals surface area contributed by atoms with Gasteiger partial charge < -0.3 is 20.9 Å². The molecule has 4 aromatic rings. The first-order chi connectivity index (χ1) is 22.2. The second-order valence-corrected chi connectivity index (χ2v) is 12.7. The van der Waals surface area contributed by atoms with E-state index < -0.39 is 45.2 Å². The summed E-state index contributed by atoms with van der Waals surface area (Å²) in [6.07, 6.45) is 0.444. The minimum atomic E-state index is -5.08. The molecule has 1 aromatic carbocycles. The summed E-state index contributed by atoms with van der Waals surface area (Å²) in [6, 6.07) is 9.64. The molecule has 1 aliphatic heterocycles. The molecule has 3 aromatic heterocycles. The quantitative estimate of drug-likeness (QED) is 0.165. The van der Waals surface area contributed by atoms with Crippen molar-refractivity contribution in [3.8, 4) is 5.88 Å². The van der Waals surface area contributed by atoms with Crippen LogP contribution in [0.3, 0.4) is 0 Å². The molecule has 0 aliphatic carbocycles. The van der Waals surface area contributed by atoms with Crippen molar-refractivity contribution in [2.24, 2.45) is 0 Å². The largest absolute Gasteiger partial charge is 0.490 e. The number of aromatic nitrogens is 3. The molecule has 0 spiro atoms.